The summed E-state index contributed by atoms with van der Waals surface area (Å²) < 4.78 is 5.46. The van der Waals surface area contributed by atoms with Gasteiger partial charge in [0.2, 0.25) is 0 Å². The molecule has 2 heterocycles. The minimum Gasteiger partial charge on any atom is -0.444 e. The summed E-state index contributed by atoms with van der Waals surface area (Å²) in [5, 5.41) is 0. The summed E-state index contributed by atoms with van der Waals surface area (Å²) >= 11 is 0. The molecule has 2 saturated carbocycles. The Bertz CT molecular complexity index is 872. The van der Waals surface area contributed by atoms with E-state index in [0.29, 0.717) is 31.0 Å². The maximum absolute atomic E-state index is 12.2. The molecule has 0 bridgehead atoms. The summed E-state index contributed by atoms with van der Waals surface area (Å²) in [6, 6.07) is 6.40. The minimum absolute atomic E-state index is 0.213. The summed E-state index contributed by atoms with van der Waals surface area (Å²) in [6.07, 6.45) is 6.05. The van der Waals surface area contributed by atoms with E-state index in [1.54, 1.807) is 4.90 Å². The van der Waals surface area contributed by atoms with Gasteiger partial charge in [0.05, 0.1) is 11.7 Å². The fourth-order valence-electron chi connectivity index (χ4n) is 4.07. The standard InChI is InChI=1S/C24H35N5O2/c1-24(2,3)31-23(30)29-13-17(14-29)20-5-4-6-21(28-20)19(22(26)16-7-8-16)12-27-18-9-15(10-18)11-25/h4-6,12,15-18H,7-11,13-14,25-26H2,1-3H3. The van der Waals surface area contributed by atoms with Gasteiger partial charge in [0.25, 0.3) is 0 Å². The number of nitrogens with zero attached hydrogens (tertiary/aromatic N) is 3. The Morgan fingerprint density at radius 3 is 2.61 bits per heavy atom. The Kier molecular flexibility index (Phi) is 6.06. The van der Waals surface area contributed by atoms with Gasteiger partial charge in [0.1, 0.15) is 5.60 Å². The summed E-state index contributed by atoms with van der Waals surface area (Å²) in [4.78, 5) is 23.7. The van der Waals surface area contributed by atoms with Gasteiger partial charge in [-0.2, -0.15) is 0 Å². The minimum atomic E-state index is -0.482. The lowest BCUT2D eigenvalue weighted by molar-refractivity contribution is 0.00787. The van der Waals surface area contributed by atoms with Gasteiger partial charge < -0.3 is 21.1 Å². The van der Waals surface area contributed by atoms with Gasteiger partial charge in [-0.1, -0.05) is 6.07 Å². The predicted octanol–water partition coefficient (Wildman–Crippen LogP) is 3.30. The number of allylic oxidation sites excluding steroid dienone is 2. The van der Waals surface area contributed by atoms with Crippen LogP contribution in [0.5, 0.6) is 0 Å². The third-order valence-electron chi connectivity index (χ3n) is 6.28. The predicted molar refractivity (Wildman–Crippen MR) is 123 cm³/mol. The van der Waals surface area contributed by atoms with Gasteiger partial charge in [0, 0.05) is 42.2 Å². The highest BCUT2D eigenvalue weighted by molar-refractivity contribution is 6.10. The fraction of sp³-hybridized carbons (Fsp3) is 0.625. The Morgan fingerprint density at radius 1 is 1.29 bits per heavy atom. The van der Waals surface area contributed by atoms with Crippen molar-refractivity contribution < 1.29 is 9.53 Å². The van der Waals surface area contributed by atoms with Crippen LogP contribution in [0.25, 0.3) is 5.57 Å². The van der Waals surface area contributed by atoms with Crippen LogP contribution < -0.4 is 11.5 Å². The van der Waals surface area contributed by atoms with Crippen LogP contribution in [0.4, 0.5) is 4.79 Å². The lowest BCUT2D eigenvalue weighted by atomic mass is 9.81. The SMILES string of the molecule is CC(C)(C)OC(=O)N1CC(c2cccc(C(C=NC3CC(CN)C3)=C(N)C3CC3)n2)C1. The van der Waals surface area contributed by atoms with Gasteiger partial charge >= 0.3 is 6.09 Å². The molecule has 3 fully saturated rings. The molecule has 168 valence electrons. The second-order valence-electron chi connectivity index (χ2n) is 10.2. The summed E-state index contributed by atoms with van der Waals surface area (Å²) in [5.74, 6) is 1.25. The molecule has 1 saturated heterocycles. The highest BCUT2D eigenvalue weighted by Crippen LogP contribution is 2.37. The molecule has 1 aromatic heterocycles. The normalized spacial score (nSPS) is 25.1. The van der Waals surface area contributed by atoms with E-state index >= 15 is 0 Å². The molecule has 7 nitrogen and oxygen atoms in total. The first-order valence-electron chi connectivity index (χ1n) is 11.4. The number of ether oxygens (including phenoxy) is 1. The number of pyridine rings is 1. The average molecular weight is 426 g/mol. The van der Waals surface area contributed by atoms with Crippen LogP contribution >= 0.6 is 0 Å². The summed E-state index contributed by atoms with van der Waals surface area (Å²) in [7, 11) is 0. The lowest BCUT2D eigenvalue weighted by Crippen LogP contribution is -2.50. The molecule has 0 radical (unpaired) electrons. The second-order valence-corrected chi connectivity index (χ2v) is 10.2. The van der Waals surface area contributed by atoms with E-state index in [-0.39, 0.29) is 12.0 Å². The number of carbonyl (C=O) groups is 1. The number of aliphatic imine (C=N–C) groups is 1. The van der Waals surface area contributed by atoms with Crippen molar-refractivity contribution in [2.75, 3.05) is 19.6 Å². The number of amides is 1. The van der Waals surface area contributed by atoms with Crippen LogP contribution in [0.1, 0.15) is 63.8 Å². The quantitative estimate of drug-likeness (QED) is 0.680. The van der Waals surface area contributed by atoms with E-state index in [1.165, 1.54) is 0 Å². The third kappa shape index (κ3) is 5.26. The van der Waals surface area contributed by atoms with Crippen LogP contribution in [-0.2, 0) is 4.74 Å². The first-order valence-corrected chi connectivity index (χ1v) is 11.4. The van der Waals surface area contributed by atoms with Crippen molar-refractivity contribution >= 4 is 17.9 Å². The van der Waals surface area contributed by atoms with Crippen LogP contribution in [-0.4, -0.2) is 53.5 Å². The van der Waals surface area contributed by atoms with E-state index in [1.807, 2.05) is 45.2 Å². The molecule has 0 spiro atoms. The number of hydrogen-bond acceptors (Lipinski definition) is 6. The number of aromatic nitrogens is 1. The molecule has 1 amide bonds. The van der Waals surface area contributed by atoms with Crippen molar-refractivity contribution in [3.8, 4) is 0 Å². The number of carbonyl (C=O) groups excluding carboxylic acids is 1. The van der Waals surface area contributed by atoms with Crippen LogP contribution in [0.3, 0.4) is 0 Å². The Hall–Kier alpha value is -2.41. The fourth-order valence-corrected chi connectivity index (χ4v) is 4.07. The van der Waals surface area contributed by atoms with E-state index in [4.69, 9.17) is 26.2 Å². The van der Waals surface area contributed by atoms with Crippen molar-refractivity contribution in [1.82, 2.24) is 9.88 Å². The number of hydrogen-bond donors (Lipinski definition) is 2. The maximum atomic E-state index is 12.2. The number of rotatable bonds is 6. The van der Waals surface area contributed by atoms with E-state index in [9.17, 15) is 4.79 Å². The smallest absolute Gasteiger partial charge is 0.410 e. The zero-order chi connectivity index (χ0) is 22.2. The van der Waals surface area contributed by atoms with E-state index < -0.39 is 5.60 Å². The first kappa shape index (κ1) is 21.8. The molecular formula is C24H35N5O2. The molecule has 4 rings (SSSR count). The van der Waals surface area contributed by atoms with Crippen molar-refractivity contribution in [2.45, 2.75) is 64.0 Å². The Morgan fingerprint density at radius 2 is 2.00 bits per heavy atom. The van der Waals surface area contributed by atoms with Crippen LogP contribution in [0.2, 0.25) is 0 Å². The molecular weight excluding hydrogens is 390 g/mol. The Labute approximate surface area is 184 Å². The first-order chi connectivity index (χ1) is 14.7. The molecule has 1 aliphatic heterocycles. The average Bonchev–Trinajstić information content (AvgIpc) is 3.46. The van der Waals surface area contributed by atoms with Crippen molar-refractivity contribution in [3.05, 3.63) is 35.3 Å². The molecule has 0 aromatic carbocycles. The van der Waals surface area contributed by atoms with Crippen LogP contribution in [0, 0.1) is 11.8 Å². The summed E-state index contributed by atoms with van der Waals surface area (Å²) in [5.41, 5.74) is 15.5. The van der Waals surface area contributed by atoms with Crippen molar-refractivity contribution in [1.29, 1.82) is 0 Å². The number of nitrogens with two attached hydrogens (primary N) is 2. The highest BCUT2D eigenvalue weighted by atomic mass is 16.6. The molecule has 0 atom stereocenters. The highest BCUT2D eigenvalue weighted by Gasteiger charge is 2.36. The second kappa shape index (κ2) is 8.61. The zero-order valence-electron chi connectivity index (χ0n) is 18.9. The molecule has 1 aromatic rings. The molecule has 3 aliphatic rings. The molecule has 4 N–H and O–H groups in total. The monoisotopic (exact) mass is 425 g/mol. The molecule has 2 aliphatic carbocycles. The van der Waals surface area contributed by atoms with Crippen molar-refractivity contribution in [2.24, 2.45) is 28.3 Å². The third-order valence-corrected chi connectivity index (χ3v) is 6.28. The molecule has 0 unspecified atom stereocenters. The molecule has 31 heavy (non-hydrogen) atoms. The largest absolute Gasteiger partial charge is 0.444 e. The lowest BCUT2D eigenvalue weighted by Gasteiger charge is -2.39. The van der Waals surface area contributed by atoms with Gasteiger partial charge in [-0.05, 0) is 77.0 Å². The van der Waals surface area contributed by atoms with E-state index in [2.05, 4.69) is 0 Å². The maximum Gasteiger partial charge on any atom is 0.410 e. The molecule has 7 heteroatoms. The summed E-state index contributed by atoms with van der Waals surface area (Å²) in [6.45, 7) is 7.63. The van der Waals surface area contributed by atoms with Gasteiger partial charge in [-0.15, -0.1) is 0 Å². The van der Waals surface area contributed by atoms with E-state index in [0.717, 1.165) is 54.9 Å². The van der Waals surface area contributed by atoms with Crippen molar-refractivity contribution in [3.63, 3.8) is 0 Å². The van der Waals surface area contributed by atoms with Crippen LogP contribution in [0.15, 0.2) is 28.9 Å². The Balaban J connectivity index is 1.45. The zero-order valence-corrected chi connectivity index (χ0v) is 18.9. The van der Waals surface area contributed by atoms with Gasteiger partial charge in [-0.3, -0.25) is 9.98 Å². The number of likely N-dealkylation sites (tertiary alicyclic amines) is 1. The topological polar surface area (TPSA) is 107 Å². The van der Waals surface area contributed by atoms with Gasteiger partial charge in [0.15, 0.2) is 0 Å². The van der Waals surface area contributed by atoms with Gasteiger partial charge in [-0.25, -0.2) is 4.79 Å².